The van der Waals surface area contributed by atoms with Crippen molar-refractivity contribution in [1.82, 2.24) is 0 Å². The third kappa shape index (κ3) is 5.87. The lowest BCUT2D eigenvalue weighted by Crippen LogP contribution is -2.13. The van der Waals surface area contributed by atoms with Crippen LogP contribution >= 0.6 is 23.2 Å². The van der Waals surface area contributed by atoms with Gasteiger partial charge >= 0.3 is 0 Å². The number of nitrogens with zero attached hydrogens (tertiary/aromatic N) is 1. The molecule has 0 fully saturated rings. The lowest BCUT2D eigenvalue weighted by atomic mass is 10.1. The highest BCUT2D eigenvalue weighted by Crippen LogP contribution is 2.24. The molecular formula is C24H18Cl2N2O2. The molecule has 0 heterocycles. The number of hydrogen-bond acceptors (Lipinski definition) is 3. The van der Waals surface area contributed by atoms with Crippen LogP contribution < -0.4 is 10.1 Å². The van der Waals surface area contributed by atoms with E-state index in [2.05, 4.69) is 5.32 Å². The van der Waals surface area contributed by atoms with Crippen molar-refractivity contribution in [2.45, 2.75) is 13.5 Å². The van der Waals surface area contributed by atoms with E-state index in [1.807, 2.05) is 31.2 Å². The van der Waals surface area contributed by atoms with Gasteiger partial charge in [0.1, 0.15) is 24.0 Å². The van der Waals surface area contributed by atoms with Crippen molar-refractivity contribution >= 4 is 40.9 Å². The molecule has 3 aromatic rings. The molecule has 0 aromatic heterocycles. The fraction of sp³-hybridized carbons (Fsp3) is 0.0833. The molecule has 3 rings (SSSR count). The van der Waals surface area contributed by atoms with Gasteiger partial charge in [0, 0.05) is 5.69 Å². The summed E-state index contributed by atoms with van der Waals surface area (Å²) >= 11 is 11.9. The Morgan fingerprint density at radius 2 is 1.73 bits per heavy atom. The zero-order valence-corrected chi connectivity index (χ0v) is 17.7. The van der Waals surface area contributed by atoms with E-state index < -0.39 is 5.91 Å². The summed E-state index contributed by atoms with van der Waals surface area (Å²) in [7, 11) is 0. The van der Waals surface area contributed by atoms with E-state index in [1.165, 1.54) is 6.08 Å². The maximum absolute atomic E-state index is 12.4. The quantitative estimate of drug-likeness (QED) is 0.357. The van der Waals surface area contributed by atoms with Crippen molar-refractivity contribution in [2.24, 2.45) is 0 Å². The molecule has 0 aliphatic heterocycles. The number of amides is 1. The monoisotopic (exact) mass is 436 g/mol. The number of benzene rings is 3. The summed E-state index contributed by atoms with van der Waals surface area (Å²) in [5.41, 5.74) is 3.35. The van der Waals surface area contributed by atoms with E-state index in [-0.39, 0.29) is 5.57 Å². The highest BCUT2D eigenvalue weighted by Gasteiger charge is 2.09. The number of nitriles is 1. The summed E-state index contributed by atoms with van der Waals surface area (Å²) in [6.45, 7) is 2.30. The highest BCUT2D eigenvalue weighted by molar-refractivity contribution is 6.42. The molecule has 3 aromatic carbocycles. The molecular weight excluding hydrogens is 419 g/mol. The normalized spacial score (nSPS) is 10.9. The number of nitrogens with one attached hydrogen (secondary N) is 1. The molecule has 4 nitrogen and oxygen atoms in total. The van der Waals surface area contributed by atoms with Gasteiger partial charge in [-0.1, -0.05) is 59.1 Å². The van der Waals surface area contributed by atoms with Crippen molar-refractivity contribution in [1.29, 1.82) is 5.26 Å². The second kappa shape index (κ2) is 9.98. The molecule has 1 amide bonds. The van der Waals surface area contributed by atoms with Gasteiger partial charge in [-0.3, -0.25) is 4.79 Å². The van der Waals surface area contributed by atoms with Gasteiger partial charge in [0.2, 0.25) is 0 Å². The van der Waals surface area contributed by atoms with Crippen LogP contribution in [-0.2, 0) is 11.4 Å². The van der Waals surface area contributed by atoms with Crippen LogP contribution in [0.3, 0.4) is 0 Å². The van der Waals surface area contributed by atoms with Gasteiger partial charge in [0.05, 0.1) is 10.0 Å². The zero-order valence-electron chi connectivity index (χ0n) is 16.2. The maximum Gasteiger partial charge on any atom is 0.266 e. The molecule has 150 valence electrons. The summed E-state index contributed by atoms with van der Waals surface area (Å²) in [5.74, 6) is 0.196. The number of carbonyl (C=O) groups is 1. The van der Waals surface area contributed by atoms with Crippen molar-refractivity contribution in [3.8, 4) is 11.8 Å². The first-order chi connectivity index (χ1) is 14.4. The predicted molar refractivity (Wildman–Crippen MR) is 121 cm³/mol. The number of halogens is 2. The van der Waals surface area contributed by atoms with Crippen molar-refractivity contribution < 1.29 is 9.53 Å². The lowest BCUT2D eigenvalue weighted by molar-refractivity contribution is -0.112. The summed E-state index contributed by atoms with van der Waals surface area (Å²) in [6, 6.07) is 21.7. The molecule has 0 radical (unpaired) electrons. The van der Waals surface area contributed by atoms with Crippen LogP contribution in [0.4, 0.5) is 5.69 Å². The lowest BCUT2D eigenvalue weighted by Gasteiger charge is -2.08. The highest BCUT2D eigenvalue weighted by atomic mass is 35.5. The Balaban J connectivity index is 1.64. The molecule has 0 atom stereocenters. The summed E-state index contributed by atoms with van der Waals surface area (Å²) in [4.78, 5) is 12.4. The SMILES string of the molecule is Cc1ccc(NC(=O)/C(C#N)=C\c2ccc(OCc3ccc(Cl)c(Cl)c3)cc2)cc1. The van der Waals surface area contributed by atoms with Crippen LogP contribution in [0, 0.1) is 18.3 Å². The van der Waals surface area contributed by atoms with Crippen molar-refractivity contribution in [3.05, 3.63) is 99.0 Å². The molecule has 0 saturated carbocycles. The fourth-order valence-electron chi connectivity index (χ4n) is 2.61. The predicted octanol–water partition coefficient (Wildman–Crippen LogP) is 6.43. The molecule has 0 saturated heterocycles. The van der Waals surface area contributed by atoms with Crippen LogP contribution in [0.1, 0.15) is 16.7 Å². The first kappa shape index (κ1) is 21.4. The van der Waals surface area contributed by atoms with E-state index in [4.69, 9.17) is 27.9 Å². The van der Waals surface area contributed by atoms with Gasteiger partial charge in [-0.2, -0.15) is 5.26 Å². The molecule has 0 bridgehead atoms. The average molecular weight is 437 g/mol. The van der Waals surface area contributed by atoms with E-state index in [1.54, 1.807) is 48.5 Å². The summed E-state index contributed by atoms with van der Waals surface area (Å²) in [5, 5.41) is 13.1. The Bertz CT molecular complexity index is 1120. The standard InChI is InChI=1S/C24H18Cl2N2O2/c1-16-2-7-20(8-3-16)28-24(29)19(14-27)12-17-4-9-21(10-5-17)30-15-18-6-11-22(25)23(26)13-18/h2-13H,15H2,1H3,(H,28,29)/b19-12-. The topological polar surface area (TPSA) is 62.1 Å². The molecule has 0 aliphatic carbocycles. The summed E-state index contributed by atoms with van der Waals surface area (Å²) < 4.78 is 5.74. The minimum absolute atomic E-state index is 0.0139. The van der Waals surface area contributed by atoms with Crippen molar-refractivity contribution in [2.75, 3.05) is 5.32 Å². The van der Waals surface area contributed by atoms with E-state index in [0.29, 0.717) is 33.7 Å². The first-order valence-corrected chi connectivity index (χ1v) is 9.87. The van der Waals surface area contributed by atoms with Gasteiger partial charge in [-0.05, 0) is 60.5 Å². The number of carbonyl (C=O) groups excluding carboxylic acids is 1. The minimum Gasteiger partial charge on any atom is -0.489 e. The van der Waals surface area contributed by atoms with Gasteiger partial charge < -0.3 is 10.1 Å². The van der Waals surface area contributed by atoms with Crippen molar-refractivity contribution in [3.63, 3.8) is 0 Å². The van der Waals surface area contributed by atoms with Gasteiger partial charge in [-0.25, -0.2) is 0 Å². The Kier molecular flexibility index (Phi) is 7.13. The maximum atomic E-state index is 12.4. The third-order valence-electron chi connectivity index (χ3n) is 4.26. The summed E-state index contributed by atoms with van der Waals surface area (Å²) in [6.07, 6.45) is 1.53. The molecule has 0 aliphatic rings. The number of hydrogen-bond donors (Lipinski definition) is 1. The fourth-order valence-corrected chi connectivity index (χ4v) is 2.93. The molecule has 6 heteroatoms. The first-order valence-electron chi connectivity index (χ1n) is 9.11. The number of ether oxygens (including phenoxy) is 1. The molecule has 0 unspecified atom stereocenters. The van der Waals surface area contributed by atoms with Gasteiger partial charge in [0.25, 0.3) is 5.91 Å². The van der Waals surface area contributed by atoms with Gasteiger partial charge in [-0.15, -0.1) is 0 Å². The molecule has 1 N–H and O–H groups in total. The van der Waals surface area contributed by atoms with Crippen LogP contribution in [0.15, 0.2) is 72.3 Å². The molecule has 30 heavy (non-hydrogen) atoms. The average Bonchev–Trinajstić information content (AvgIpc) is 2.75. The molecule has 0 spiro atoms. The van der Waals surface area contributed by atoms with Crippen LogP contribution in [-0.4, -0.2) is 5.91 Å². The largest absolute Gasteiger partial charge is 0.489 e. The third-order valence-corrected chi connectivity index (χ3v) is 4.99. The van der Waals surface area contributed by atoms with Crippen LogP contribution in [0.5, 0.6) is 5.75 Å². The second-order valence-electron chi connectivity index (χ2n) is 6.60. The number of rotatable bonds is 6. The second-order valence-corrected chi connectivity index (χ2v) is 7.41. The van der Waals surface area contributed by atoms with Crippen LogP contribution in [0.25, 0.3) is 6.08 Å². The van der Waals surface area contributed by atoms with E-state index in [0.717, 1.165) is 11.1 Å². The number of aryl methyl sites for hydroxylation is 1. The Morgan fingerprint density at radius 1 is 1.03 bits per heavy atom. The Morgan fingerprint density at radius 3 is 2.37 bits per heavy atom. The Labute approximate surface area is 185 Å². The Hall–Kier alpha value is -3.26. The minimum atomic E-state index is -0.457. The zero-order chi connectivity index (χ0) is 21.5. The number of anilines is 1. The van der Waals surface area contributed by atoms with Gasteiger partial charge in [0.15, 0.2) is 0 Å². The smallest absolute Gasteiger partial charge is 0.266 e. The van der Waals surface area contributed by atoms with E-state index in [9.17, 15) is 10.1 Å². The van der Waals surface area contributed by atoms with Crippen LogP contribution in [0.2, 0.25) is 10.0 Å². The van der Waals surface area contributed by atoms with E-state index >= 15 is 0 Å².